The Bertz CT molecular complexity index is 823. The number of carboxylic acids is 1. The number of nitrogens with zero attached hydrogens (tertiary/aromatic N) is 2. The van der Waals surface area contributed by atoms with E-state index in [4.69, 9.17) is 18.4 Å². The van der Waals surface area contributed by atoms with E-state index in [-0.39, 0.29) is 5.56 Å². The molecule has 0 unspecified atom stereocenters. The van der Waals surface area contributed by atoms with Crippen LogP contribution in [0.4, 0.5) is 5.69 Å². The van der Waals surface area contributed by atoms with Gasteiger partial charge in [-0.1, -0.05) is 24.3 Å². The van der Waals surface area contributed by atoms with E-state index in [1.165, 1.54) is 12.1 Å². The van der Waals surface area contributed by atoms with Gasteiger partial charge in [-0.05, 0) is 41.8 Å². The molecule has 0 amide bonds. The van der Waals surface area contributed by atoms with Gasteiger partial charge in [0, 0.05) is 46.3 Å². The van der Waals surface area contributed by atoms with Crippen LogP contribution in [0.5, 0.6) is 0 Å². The average Bonchev–Trinajstić information content (AvgIpc) is 2.76. The van der Waals surface area contributed by atoms with Gasteiger partial charge >= 0.3 is 14.8 Å². The number of carboxylic acid groups (broad SMARTS) is 1. The molecule has 0 heterocycles. The zero-order valence-corrected chi connectivity index (χ0v) is 17.9. The van der Waals surface area contributed by atoms with Crippen LogP contribution < -0.4 is 0 Å². The van der Waals surface area contributed by atoms with Crippen molar-refractivity contribution < 1.29 is 23.2 Å². The van der Waals surface area contributed by atoms with E-state index < -0.39 is 14.8 Å². The first-order chi connectivity index (χ1) is 14.0. The summed E-state index contributed by atoms with van der Waals surface area (Å²) in [6.07, 6.45) is 4.39. The van der Waals surface area contributed by atoms with Crippen molar-refractivity contribution in [3.8, 4) is 0 Å². The van der Waals surface area contributed by atoms with Crippen LogP contribution in [-0.4, -0.2) is 60.2 Å². The summed E-state index contributed by atoms with van der Waals surface area (Å²) >= 11 is 0. The van der Waals surface area contributed by atoms with Crippen LogP contribution in [0.2, 0.25) is 6.04 Å². The molecule has 0 bridgehead atoms. The van der Waals surface area contributed by atoms with Crippen molar-refractivity contribution in [3.63, 3.8) is 0 Å². The standard InChI is InChI=1S/C21H26N2O5Si/c1-26-29(27-2,28-3)14-4-13-22-15-17-5-7-18(8-6-17)16-23-20-11-9-19(10-12-20)21(24)25/h5-12,15-16H,4,13-14H2,1-3H3,(H,24,25). The maximum Gasteiger partial charge on any atom is 0.500 e. The molecule has 2 rings (SSSR count). The minimum absolute atomic E-state index is 0.243. The molecule has 0 radical (unpaired) electrons. The largest absolute Gasteiger partial charge is 0.500 e. The van der Waals surface area contributed by atoms with Crippen LogP contribution >= 0.6 is 0 Å². The van der Waals surface area contributed by atoms with Crippen molar-refractivity contribution in [2.45, 2.75) is 12.5 Å². The fraction of sp³-hybridized carbons (Fsp3) is 0.286. The summed E-state index contributed by atoms with van der Waals surface area (Å²) in [5.41, 5.74) is 2.89. The number of benzene rings is 2. The zero-order valence-electron chi connectivity index (χ0n) is 16.9. The van der Waals surface area contributed by atoms with Crippen molar-refractivity contribution >= 4 is 32.9 Å². The second-order valence-corrected chi connectivity index (χ2v) is 9.30. The third-order valence-corrected chi connectivity index (χ3v) is 7.19. The second-order valence-electron chi connectivity index (χ2n) is 6.21. The molecule has 29 heavy (non-hydrogen) atoms. The van der Waals surface area contributed by atoms with Crippen LogP contribution in [0.1, 0.15) is 27.9 Å². The van der Waals surface area contributed by atoms with Gasteiger partial charge in [0.2, 0.25) is 0 Å². The van der Waals surface area contributed by atoms with Crippen LogP contribution in [0, 0.1) is 0 Å². The fourth-order valence-corrected chi connectivity index (χ4v) is 4.32. The molecule has 0 aliphatic carbocycles. The quantitative estimate of drug-likeness (QED) is 0.343. The van der Waals surface area contributed by atoms with Crippen molar-refractivity contribution in [2.24, 2.45) is 9.98 Å². The number of aliphatic imine (C=N–C) groups is 2. The Balaban J connectivity index is 1.85. The number of rotatable bonds is 11. The minimum Gasteiger partial charge on any atom is -0.478 e. The van der Waals surface area contributed by atoms with Crippen LogP contribution in [0.25, 0.3) is 0 Å². The van der Waals surface area contributed by atoms with E-state index in [2.05, 4.69) is 9.98 Å². The number of aromatic carboxylic acids is 1. The van der Waals surface area contributed by atoms with E-state index in [1.807, 2.05) is 30.5 Å². The molecular weight excluding hydrogens is 388 g/mol. The van der Waals surface area contributed by atoms with Gasteiger partial charge in [-0.25, -0.2) is 4.79 Å². The van der Waals surface area contributed by atoms with E-state index >= 15 is 0 Å². The van der Waals surface area contributed by atoms with E-state index in [0.717, 1.165) is 23.6 Å². The third-order valence-electron chi connectivity index (χ3n) is 4.36. The summed E-state index contributed by atoms with van der Waals surface area (Å²) in [6, 6.07) is 15.0. The zero-order chi connectivity index (χ0) is 21.1. The highest BCUT2D eigenvalue weighted by Crippen LogP contribution is 2.15. The summed E-state index contributed by atoms with van der Waals surface area (Å²) in [5, 5.41) is 8.91. The molecule has 0 fully saturated rings. The molecule has 0 aromatic heterocycles. The van der Waals surface area contributed by atoms with E-state index in [0.29, 0.717) is 12.2 Å². The third kappa shape index (κ3) is 7.03. The molecule has 8 heteroatoms. The topological polar surface area (TPSA) is 89.7 Å². The Labute approximate surface area is 172 Å². The molecule has 0 saturated carbocycles. The fourth-order valence-electron chi connectivity index (χ4n) is 2.62. The van der Waals surface area contributed by atoms with Crippen LogP contribution in [0.3, 0.4) is 0 Å². The Kier molecular flexibility index (Phi) is 8.88. The summed E-state index contributed by atoms with van der Waals surface area (Å²) in [7, 11) is 2.31. The highest BCUT2D eigenvalue weighted by molar-refractivity contribution is 6.60. The number of carbonyl (C=O) groups is 1. The first-order valence-corrected chi connectivity index (χ1v) is 11.1. The normalized spacial score (nSPS) is 12.1. The molecule has 0 atom stereocenters. The van der Waals surface area contributed by atoms with Crippen LogP contribution in [0.15, 0.2) is 58.5 Å². The van der Waals surface area contributed by atoms with Crippen molar-refractivity contribution in [1.82, 2.24) is 0 Å². The van der Waals surface area contributed by atoms with Gasteiger partial charge in [-0.15, -0.1) is 0 Å². The molecule has 7 nitrogen and oxygen atoms in total. The molecule has 154 valence electrons. The first kappa shape index (κ1) is 22.6. The van der Waals surface area contributed by atoms with Gasteiger partial charge in [0.05, 0.1) is 11.3 Å². The Morgan fingerprint density at radius 3 is 2.00 bits per heavy atom. The van der Waals surface area contributed by atoms with Gasteiger partial charge in [-0.3, -0.25) is 9.98 Å². The highest BCUT2D eigenvalue weighted by Gasteiger charge is 2.36. The Hall–Kier alpha value is -2.65. The molecule has 0 saturated heterocycles. The lowest BCUT2D eigenvalue weighted by molar-refractivity contribution is 0.0697. The maximum atomic E-state index is 10.9. The van der Waals surface area contributed by atoms with Gasteiger partial charge in [0.25, 0.3) is 0 Å². The monoisotopic (exact) mass is 414 g/mol. The minimum atomic E-state index is -2.52. The lowest BCUT2D eigenvalue weighted by Gasteiger charge is -2.23. The molecule has 2 aromatic rings. The SMILES string of the molecule is CO[Si](CCCN=Cc1ccc(C=Nc2ccc(C(=O)O)cc2)cc1)(OC)OC. The van der Waals surface area contributed by atoms with Crippen LogP contribution in [-0.2, 0) is 13.3 Å². The summed E-state index contributed by atoms with van der Waals surface area (Å²) in [6.45, 7) is 0.667. The lowest BCUT2D eigenvalue weighted by Crippen LogP contribution is -2.42. The predicted molar refractivity (Wildman–Crippen MR) is 116 cm³/mol. The van der Waals surface area contributed by atoms with Gasteiger partial charge in [0.15, 0.2) is 0 Å². The van der Waals surface area contributed by atoms with E-state index in [9.17, 15) is 4.79 Å². The molecule has 0 aliphatic heterocycles. The smallest absolute Gasteiger partial charge is 0.478 e. The summed E-state index contributed by atoms with van der Waals surface area (Å²) < 4.78 is 16.2. The van der Waals surface area contributed by atoms with Gasteiger partial charge < -0.3 is 18.4 Å². The number of hydrogen-bond donors (Lipinski definition) is 1. The molecule has 0 aliphatic rings. The molecular formula is C21H26N2O5Si. The molecule has 1 N–H and O–H groups in total. The summed E-state index contributed by atoms with van der Waals surface area (Å²) in [4.78, 5) is 19.7. The predicted octanol–water partition coefficient (Wildman–Crippen LogP) is 3.82. The average molecular weight is 415 g/mol. The highest BCUT2D eigenvalue weighted by atomic mass is 28.4. The van der Waals surface area contributed by atoms with Crippen molar-refractivity contribution in [2.75, 3.05) is 27.9 Å². The lowest BCUT2D eigenvalue weighted by atomic mass is 10.1. The van der Waals surface area contributed by atoms with E-state index in [1.54, 1.807) is 39.7 Å². The van der Waals surface area contributed by atoms with Gasteiger partial charge in [-0.2, -0.15) is 0 Å². The Morgan fingerprint density at radius 1 is 0.931 bits per heavy atom. The Morgan fingerprint density at radius 2 is 1.48 bits per heavy atom. The first-order valence-electron chi connectivity index (χ1n) is 9.14. The molecule has 0 spiro atoms. The van der Waals surface area contributed by atoms with Gasteiger partial charge in [0.1, 0.15) is 0 Å². The van der Waals surface area contributed by atoms with Crippen molar-refractivity contribution in [1.29, 1.82) is 0 Å². The maximum absolute atomic E-state index is 10.9. The molecule has 2 aromatic carbocycles. The number of hydrogen-bond acceptors (Lipinski definition) is 6. The second kappa shape index (κ2) is 11.4. The summed E-state index contributed by atoms with van der Waals surface area (Å²) in [5.74, 6) is -0.949. The van der Waals surface area contributed by atoms with Crippen molar-refractivity contribution in [3.05, 3.63) is 65.2 Å².